The molecular weight excluding hydrogens is 289 g/mol. The molecule has 0 aliphatic carbocycles. The van der Waals surface area contributed by atoms with Gasteiger partial charge in [-0.05, 0) is 18.2 Å². The lowest BCUT2D eigenvalue weighted by Gasteiger charge is -2.13. The van der Waals surface area contributed by atoms with Crippen LogP contribution < -0.4 is 5.32 Å². The third kappa shape index (κ3) is 2.90. The van der Waals surface area contributed by atoms with Crippen LogP contribution in [0.15, 0.2) is 61.2 Å². The summed E-state index contributed by atoms with van der Waals surface area (Å²) in [5.74, 6) is -0.383. The summed E-state index contributed by atoms with van der Waals surface area (Å²) in [5, 5.41) is 3.37. The van der Waals surface area contributed by atoms with Crippen LogP contribution in [0.4, 0.5) is 10.1 Å². The Morgan fingerprint density at radius 2 is 2.00 bits per heavy atom. The van der Waals surface area contributed by atoms with Gasteiger partial charge in [-0.25, -0.2) is 9.37 Å². The van der Waals surface area contributed by atoms with Gasteiger partial charge >= 0.3 is 0 Å². The average molecular weight is 302 g/mol. The van der Waals surface area contributed by atoms with Gasteiger partial charge in [-0.3, -0.25) is 0 Å². The monoisotopic (exact) mass is 301 g/mol. The fourth-order valence-corrected chi connectivity index (χ4v) is 2.32. The number of hydrogen-bond donors (Lipinski definition) is 1. The van der Waals surface area contributed by atoms with Crippen molar-refractivity contribution in [3.63, 3.8) is 0 Å². The largest absolute Gasteiger partial charge is 0.379 e. The highest BCUT2D eigenvalue weighted by molar-refractivity contribution is 6.30. The van der Waals surface area contributed by atoms with Gasteiger partial charge in [0.1, 0.15) is 5.82 Å². The van der Waals surface area contributed by atoms with Crippen LogP contribution in [-0.4, -0.2) is 9.55 Å². The van der Waals surface area contributed by atoms with Crippen molar-refractivity contribution in [2.24, 2.45) is 0 Å². The number of nitrogens with one attached hydrogen (secondary N) is 1. The van der Waals surface area contributed by atoms with Gasteiger partial charge in [0.2, 0.25) is 0 Å². The molecule has 0 aliphatic rings. The van der Waals surface area contributed by atoms with Gasteiger partial charge in [0.15, 0.2) is 0 Å². The molecule has 1 N–H and O–H groups in total. The minimum absolute atomic E-state index is 0.136. The number of benzene rings is 2. The number of para-hydroxylation sites is 2. The van der Waals surface area contributed by atoms with Crippen molar-refractivity contribution in [2.75, 3.05) is 5.32 Å². The van der Waals surface area contributed by atoms with Crippen LogP contribution in [0.25, 0.3) is 5.69 Å². The fourth-order valence-electron chi connectivity index (χ4n) is 2.13. The van der Waals surface area contributed by atoms with Crippen LogP contribution in [0, 0.1) is 5.82 Å². The molecule has 1 aromatic heterocycles. The Kier molecular flexibility index (Phi) is 3.88. The zero-order valence-electron chi connectivity index (χ0n) is 11.1. The summed E-state index contributed by atoms with van der Waals surface area (Å²) < 4.78 is 15.8. The summed E-state index contributed by atoms with van der Waals surface area (Å²) in [5.41, 5.74) is 2.38. The molecule has 3 nitrogen and oxygen atoms in total. The highest BCUT2D eigenvalue weighted by atomic mass is 35.5. The Morgan fingerprint density at radius 3 is 2.81 bits per heavy atom. The number of imidazole rings is 1. The van der Waals surface area contributed by atoms with E-state index < -0.39 is 0 Å². The summed E-state index contributed by atoms with van der Waals surface area (Å²) in [6.07, 6.45) is 5.30. The summed E-state index contributed by atoms with van der Waals surface area (Å²) in [6, 6.07) is 12.8. The molecule has 3 aromatic rings. The Hall–Kier alpha value is -2.33. The number of aromatic nitrogens is 2. The molecule has 0 amide bonds. The van der Waals surface area contributed by atoms with E-state index >= 15 is 0 Å². The number of hydrogen-bond acceptors (Lipinski definition) is 2. The summed E-state index contributed by atoms with van der Waals surface area (Å²) >= 11 is 5.79. The normalized spacial score (nSPS) is 10.6. The molecule has 0 spiro atoms. The second-order valence-electron chi connectivity index (χ2n) is 4.55. The minimum atomic E-state index is -0.383. The van der Waals surface area contributed by atoms with Crippen LogP contribution in [-0.2, 0) is 6.54 Å². The lowest BCUT2D eigenvalue weighted by Crippen LogP contribution is -2.05. The van der Waals surface area contributed by atoms with Crippen molar-refractivity contribution >= 4 is 17.3 Å². The molecule has 0 aliphatic heterocycles. The van der Waals surface area contributed by atoms with E-state index in [2.05, 4.69) is 10.3 Å². The van der Waals surface area contributed by atoms with Crippen LogP contribution in [0.2, 0.25) is 5.02 Å². The van der Waals surface area contributed by atoms with Crippen LogP contribution in [0.5, 0.6) is 0 Å². The van der Waals surface area contributed by atoms with E-state index in [9.17, 15) is 4.39 Å². The van der Waals surface area contributed by atoms with Gasteiger partial charge in [0.05, 0.1) is 22.7 Å². The first-order chi connectivity index (χ1) is 10.3. The van der Waals surface area contributed by atoms with E-state index in [1.54, 1.807) is 30.7 Å². The van der Waals surface area contributed by atoms with Gasteiger partial charge in [0, 0.05) is 24.5 Å². The first kappa shape index (κ1) is 13.6. The third-order valence-electron chi connectivity index (χ3n) is 3.19. The highest BCUT2D eigenvalue weighted by Crippen LogP contribution is 2.22. The summed E-state index contributed by atoms with van der Waals surface area (Å²) in [4.78, 5) is 4.04. The average Bonchev–Trinajstić information content (AvgIpc) is 3.03. The molecule has 2 aromatic carbocycles. The van der Waals surface area contributed by atoms with Crippen LogP contribution in [0.1, 0.15) is 5.56 Å². The van der Waals surface area contributed by atoms with E-state index in [1.165, 1.54) is 0 Å². The van der Waals surface area contributed by atoms with E-state index in [1.807, 2.05) is 35.0 Å². The maximum Gasteiger partial charge on any atom is 0.146 e. The van der Waals surface area contributed by atoms with Crippen molar-refractivity contribution in [3.8, 4) is 5.69 Å². The second kappa shape index (κ2) is 5.97. The van der Waals surface area contributed by atoms with Crippen LogP contribution in [0.3, 0.4) is 0 Å². The van der Waals surface area contributed by atoms with Gasteiger partial charge in [-0.1, -0.05) is 35.9 Å². The molecule has 0 atom stereocenters. The van der Waals surface area contributed by atoms with Crippen molar-refractivity contribution in [1.29, 1.82) is 0 Å². The lowest BCUT2D eigenvalue weighted by molar-refractivity contribution is 0.613. The van der Waals surface area contributed by atoms with E-state index in [-0.39, 0.29) is 10.8 Å². The van der Waals surface area contributed by atoms with Gasteiger partial charge in [0.25, 0.3) is 0 Å². The molecule has 106 valence electrons. The molecule has 1 heterocycles. The van der Waals surface area contributed by atoms with Crippen molar-refractivity contribution in [2.45, 2.75) is 6.54 Å². The minimum Gasteiger partial charge on any atom is -0.379 e. The summed E-state index contributed by atoms with van der Waals surface area (Å²) in [6.45, 7) is 0.359. The maximum atomic E-state index is 13.9. The Labute approximate surface area is 127 Å². The summed E-state index contributed by atoms with van der Waals surface area (Å²) in [7, 11) is 0. The molecule has 0 saturated carbocycles. The lowest BCUT2D eigenvalue weighted by atomic mass is 10.2. The molecule has 5 heteroatoms. The quantitative estimate of drug-likeness (QED) is 0.779. The SMILES string of the molecule is Fc1c(Cl)cccc1CNc1ccccc1-n1ccnc1. The standard InChI is InChI=1S/C16H13ClFN3/c17-13-5-3-4-12(16(13)18)10-20-14-6-1-2-7-15(14)21-9-8-19-11-21/h1-9,11,20H,10H2. The third-order valence-corrected chi connectivity index (χ3v) is 3.48. The Bertz CT molecular complexity index is 741. The van der Waals surface area contributed by atoms with E-state index in [4.69, 9.17) is 11.6 Å². The molecular formula is C16H13ClFN3. The molecule has 3 rings (SSSR count). The van der Waals surface area contributed by atoms with E-state index in [0.717, 1.165) is 11.4 Å². The number of rotatable bonds is 4. The molecule has 0 saturated heterocycles. The van der Waals surface area contributed by atoms with Gasteiger partial charge < -0.3 is 9.88 Å². The molecule has 0 bridgehead atoms. The fraction of sp³-hybridized carbons (Fsp3) is 0.0625. The maximum absolute atomic E-state index is 13.9. The first-order valence-corrected chi connectivity index (χ1v) is 6.87. The molecule has 0 radical (unpaired) electrons. The van der Waals surface area contributed by atoms with Gasteiger partial charge in [-0.2, -0.15) is 0 Å². The number of nitrogens with zero attached hydrogens (tertiary/aromatic N) is 2. The predicted molar refractivity (Wildman–Crippen MR) is 82.3 cm³/mol. The highest BCUT2D eigenvalue weighted by Gasteiger charge is 2.07. The zero-order chi connectivity index (χ0) is 14.7. The topological polar surface area (TPSA) is 29.9 Å². The first-order valence-electron chi connectivity index (χ1n) is 6.50. The van der Waals surface area contributed by atoms with E-state index in [0.29, 0.717) is 12.1 Å². The predicted octanol–water partition coefficient (Wildman–Crippen LogP) is 4.28. The zero-order valence-corrected chi connectivity index (χ0v) is 11.9. The van der Waals surface area contributed by atoms with Crippen molar-refractivity contribution in [3.05, 3.63) is 77.6 Å². The number of anilines is 1. The molecule has 0 fully saturated rings. The van der Waals surface area contributed by atoms with Crippen molar-refractivity contribution < 1.29 is 4.39 Å². The van der Waals surface area contributed by atoms with Crippen LogP contribution >= 0.6 is 11.6 Å². The second-order valence-corrected chi connectivity index (χ2v) is 4.96. The smallest absolute Gasteiger partial charge is 0.146 e. The number of halogens is 2. The van der Waals surface area contributed by atoms with Gasteiger partial charge in [-0.15, -0.1) is 0 Å². The van der Waals surface area contributed by atoms with Crippen molar-refractivity contribution in [1.82, 2.24) is 9.55 Å². The molecule has 0 unspecified atom stereocenters. The Morgan fingerprint density at radius 1 is 1.14 bits per heavy atom. The Balaban J connectivity index is 1.85. The molecule has 21 heavy (non-hydrogen) atoms.